The Morgan fingerprint density at radius 3 is 2.86 bits per heavy atom. The van der Waals surface area contributed by atoms with Crippen LogP contribution in [0, 0.1) is 5.92 Å². The first-order valence-electron chi connectivity index (χ1n) is 7.13. The molecule has 2 nitrogen and oxygen atoms in total. The molecular formula is C17H15ClN2S. The standard InChI is InChI=1S/C17H15ClN2S/c18-13-6-5-12(17-11(13)2-1-9-20-17)14-7-8-15(21-14)16(19)10-3-4-10/h1-2,5-10,16H,3-4,19H2. The van der Waals surface area contributed by atoms with Crippen molar-refractivity contribution < 1.29 is 0 Å². The Balaban J connectivity index is 1.81. The first-order valence-corrected chi connectivity index (χ1v) is 8.32. The highest BCUT2D eigenvalue weighted by atomic mass is 35.5. The minimum atomic E-state index is 0.190. The number of nitrogens with two attached hydrogens (primary N) is 1. The van der Waals surface area contributed by atoms with Gasteiger partial charge in [-0.25, -0.2) is 0 Å². The third kappa shape index (κ3) is 2.35. The maximum absolute atomic E-state index is 6.30. The Kier molecular flexibility index (Phi) is 3.21. The van der Waals surface area contributed by atoms with Gasteiger partial charge in [0.15, 0.2) is 0 Å². The largest absolute Gasteiger partial charge is 0.323 e. The minimum Gasteiger partial charge on any atom is -0.323 e. The lowest BCUT2D eigenvalue weighted by atomic mass is 10.1. The van der Waals surface area contributed by atoms with E-state index in [-0.39, 0.29) is 6.04 Å². The van der Waals surface area contributed by atoms with Crippen LogP contribution in [-0.4, -0.2) is 4.98 Å². The predicted molar refractivity (Wildman–Crippen MR) is 89.7 cm³/mol. The average molecular weight is 315 g/mol. The number of benzene rings is 1. The van der Waals surface area contributed by atoms with Gasteiger partial charge in [-0.3, -0.25) is 4.98 Å². The maximum atomic E-state index is 6.30. The summed E-state index contributed by atoms with van der Waals surface area (Å²) in [5.74, 6) is 0.677. The van der Waals surface area contributed by atoms with Crippen LogP contribution in [0.3, 0.4) is 0 Å². The highest BCUT2D eigenvalue weighted by Gasteiger charge is 2.30. The lowest BCUT2D eigenvalue weighted by Gasteiger charge is -2.07. The zero-order valence-corrected chi connectivity index (χ0v) is 13.0. The Bertz CT molecular complexity index is 807. The van der Waals surface area contributed by atoms with Crippen LogP contribution >= 0.6 is 22.9 Å². The third-order valence-electron chi connectivity index (χ3n) is 4.07. The van der Waals surface area contributed by atoms with E-state index >= 15 is 0 Å². The van der Waals surface area contributed by atoms with Gasteiger partial charge >= 0.3 is 0 Å². The fourth-order valence-electron chi connectivity index (χ4n) is 2.70. The van der Waals surface area contributed by atoms with Crippen molar-refractivity contribution >= 4 is 33.8 Å². The van der Waals surface area contributed by atoms with Crippen LogP contribution in [0.15, 0.2) is 42.6 Å². The van der Waals surface area contributed by atoms with E-state index in [1.54, 1.807) is 11.3 Å². The molecule has 0 aliphatic heterocycles. The van der Waals surface area contributed by atoms with Gasteiger partial charge in [0.1, 0.15) is 0 Å². The molecule has 106 valence electrons. The topological polar surface area (TPSA) is 38.9 Å². The second-order valence-electron chi connectivity index (χ2n) is 5.56. The maximum Gasteiger partial charge on any atom is 0.0803 e. The average Bonchev–Trinajstić information content (AvgIpc) is 3.25. The zero-order valence-electron chi connectivity index (χ0n) is 11.4. The second kappa shape index (κ2) is 5.09. The predicted octanol–water partition coefficient (Wildman–Crippen LogP) is 5.03. The van der Waals surface area contributed by atoms with Gasteiger partial charge in [-0.2, -0.15) is 0 Å². The molecule has 1 atom stereocenters. The molecule has 2 aromatic heterocycles. The van der Waals surface area contributed by atoms with Crippen molar-refractivity contribution in [1.29, 1.82) is 0 Å². The summed E-state index contributed by atoms with van der Waals surface area (Å²) in [5.41, 5.74) is 8.39. The second-order valence-corrected chi connectivity index (χ2v) is 7.08. The van der Waals surface area contributed by atoms with E-state index in [1.165, 1.54) is 22.6 Å². The number of hydrogen-bond acceptors (Lipinski definition) is 3. The van der Waals surface area contributed by atoms with Crippen LogP contribution in [0.2, 0.25) is 5.02 Å². The van der Waals surface area contributed by atoms with Crippen LogP contribution in [0.5, 0.6) is 0 Å². The van der Waals surface area contributed by atoms with Crippen LogP contribution in [-0.2, 0) is 0 Å². The van der Waals surface area contributed by atoms with E-state index in [1.807, 2.05) is 24.4 Å². The monoisotopic (exact) mass is 314 g/mol. The Morgan fingerprint density at radius 2 is 2.05 bits per heavy atom. The molecule has 1 aromatic carbocycles. The Morgan fingerprint density at radius 1 is 1.19 bits per heavy atom. The SMILES string of the molecule is NC(c1ccc(-c2ccc(Cl)c3cccnc23)s1)C1CC1. The molecule has 0 radical (unpaired) electrons. The van der Waals surface area contributed by atoms with E-state index in [4.69, 9.17) is 17.3 Å². The van der Waals surface area contributed by atoms with Gasteiger partial charge in [0, 0.05) is 32.9 Å². The van der Waals surface area contributed by atoms with E-state index in [2.05, 4.69) is 23.2 Å². The molecule has 1 aliphatic carbocycles. The van der Waals surface area contributed by atoms with Crippen LogP contribution in [0.4, 0.5) is 0 Å². The van der Waals surface area contributed by atoms with Crippen molar-refractivity contribution in [3.8, 4) is 10.4 Å². The summed E-state index contributed by atoms with van der Waals surface area (Å²) in [6.45, 7) is 0. The molecule has 0 saturated heterocycles. The molecule has 1 saturated carbocycles. The van der Waals surface area contributed by atoms with Gasteiger partial charge in [0.25, 0.3) is 0 Å². The highest BCUT2D eigenvalue weighted by Crippen LogP contribution is 2.43. The van der Waals surface area contributed by atoms with Crippen LogP contribution in [0.25, 0.3) is 21.3 Å². The number of thiophene rings is 1. The number of halogens is 1. The summed E-state index contributed by atoms with van der Waals surface area (Å²) in [7, 11) is 0. The van der Waals surface area contributed by atoms with Gasteiger partial charge in [0.05, 0.1) is 10.5 Å². The number of hydrogen-bond donors (Lipinski definition) is 1. The molecule has 0 spiro atoms. The number of fused-ring (bicyclic) bond motifs is 1. The molecule has 2 N–H and O–H groups in total. The highest BCUT2D eigenvalue weighted by molar-refractivity contribution is 7.15. The minimum absolute atomic E-state index is 0.190. The summed E-state index contributed by atoms with van der Waals surface area (Å²) < 4.78 is 0. The number of rotatable bonds is 3. The van der Waals surface area contributed by atoms with Gasteiger partial charge in [-0.1, -0.05) is 11.6 Å². The van der Waals surface area contributed by atoms with E-state index in [0.717, 1.165) is 21.5 Å². The van der Waals surface area contributed by atoms with E-state index in [0.29, 0.717) is 5.92 Å². The van der Waals surface area contributed by atoms with Gasteiger partial charge in [-0.15, -0.1) is 11.3 Å². The normalized spacial score (nSPS) is 16.3. The van der Waals surface area contributed by atoms with Crippen molar-refractivity contribution in [2.24, 2.45) is 11.7 Å². The quantitative estimate of drug-likeness (QED) is 0.736. The number of aromatic nitrogens is 1. The van der Waals surface area contributed by atoms with Crippen molar-refractivity contribution in [3.63, 3.8) is 0 Å². The van der Waals surface area contributed by atoms with Crippen molar-refractivity contribution in [1.82, 2.24) is 4.98 Å². The lowest BCUT2D eigenvalue weighted by Crippen LogP contribution is -2.10. The summed E-state index contributed by atoms with van der Waals surface area (Å²) >= 11 is 8.04. The molecule has 4 rings (SSSR count). The van der Waals surface area contributed by atoms with Gasteiger partial charge in [0.2, 0.25) is 0 Å². The summed E-state index contributed by atoms with van der Waals surface area (Å²) in [5, 5.41) is 1.74. The molecule has 21 heavy (non-hydrogen) atoms. The molecular weight excluding hydrogens is 300 g/mol. The summed E-state index contributed by atoms with van der Waals surface area (Å²) in [6.07, 6.45) is 4.34. The lowest BCUT2D eigenvalue weighted by molar-refractivity contribution is 0.645. The van der Waals surface area contributed by atoms with Gasteiger partial charge < -0.3 is 5.73 Å². The van der Waals surface area contributed by atoms with Crippen LogP contribution in [0.1, 0.15) is 23.8 Å². The molecule has 1 fully saturated rings. The van der Waals surface area contributed by atoms with E-state index in [9.17, 15) is 0 Å². The zero-order chi connectivity index (χ0) is 14.4. The summed E-state index contributed by atoms with van der Waals surface area (Å²) in [6, 6.07) is 12.4. The molecule has 1 unspecified atom stereocenters. The molecule has 0 amide bonds. The molecule has 1 aliphatic rings. The Labute approximate surface area is 132 Å². The molecule has 3 aromatic rings. The van der Waals surface area contributed by atoms with Crippen molar-refractivity contribution in [2.75, 3.05) is 0 Å². The molecule has 0 bridgehead atoms. The first kappa shape index (κ1) is 13.3. The third-order valence-corrected chi connectivity index (χ3v) is 5.62. The van der Waals surface area contributed by atoms with Gasteiger partial charge in [-0.05, 0) is 55.2 Å². The smallest absolute Gasteiger partial charge is 0.0803 e. The van der Waals surface area contributed by atoms with Crippen molar-refractivity contribution in [3.05, 3.63) is 52.5 Å². The van der Waals surface area contributed by atoms with E-state index < -0.39 is 0 Å². The molecule has 4 heteroatoms. The fourth-order valence-corrected chi connectivity index (χ4v) is 4.05. The number of nitrogens with zero attached hydrogens (tertiary/aromatic N) is 1. The molecule has 2 heterocycles. The fraction of sp³-hybridized carbons (Fsp3) is 0.235. The van der Waals surface area contributed by atoms with Crippen LogP contribution < -0.4 is 5.73 Å². The van der Waals surface area contributed by atoms with Crippen molar-refractivity contribution in [2.45, 2.75) is 18.9 Å². The first-order chi connectivity index (χ1) is 10.2. The summed E-state index contributed by atoms with van der Waals surface area (Å²) in [4.78, 5) is 6.99. The number of pyridine rings is 1. The Hall–Kier alpha value is -1.42.